The number of amides is 1. The average molecular weight is 133 g/mol. The summed E-state index contributed by atoms with van der Waals surface area (Å²) in [5.74, 6) is -0.956. The van der Waals surface area contributed by atoms with Crippen molar-refractivity contribution < 1.29 is 19.5 Å². The zero-order valence-corrected chi connectivity index (χ0v) is 4.66. The highest BCUT2D eigenvalue weighted by molar-refractivity contribution is 5.66. The Kier molecular flexibility index (Phi) is 4.43. The Balaban J connectivity index is 2.91. The first-order chi connectivity index (χ1) is 4.27. The molecule has 0 radical (unpaired) electrons. The minimum Gasteiger partial charge on any atom is -0.481 e. The lowest BCUT2D eigenvalue weighted by molar-refractivity contribution is -0.140. The summed E-state index contributed by atoms with van der Waals surface area (Å²) in [7, 11) is 0. The highest BCUT2D eigenvalue weighted by Crippen LogP contribution is 1.76. The van der Waals surface area contributed by atoms with Gasteiger partial charge in [0.25, 0.3) is 0 Å². The molecule has 0 heterocycles. The van der Waals surface area contributed by atoms with Crippen molar-refractivity contribution in [3.8, 4) is 0 Å². The number of hydroxylamine groups is 1. The number of aliphatic carboxylic acids is 1. The van der Waals surface area contributed by atoms with E-state index in [-0.39, 0.29) is 13.0 Å². The first-order valence-electron chi connectivity index (χ1n) is 2.30. The van der Waals surface area contributed by atoms with Gasteiger partial charge in [0.1, 0.15) is 0 Å². The molecule has 0 saturated carbocycles. The minimum absolute atomic E-state index is 0.00588. The number of carbonyl (C=O) groups excluding carboxylic acids is 1. The van der Waals surface area contributed by atoms with Gasteiger partial charge in [0.15, 0.2) is 0 Å². The van der Waals surface area contributed by atoms with Crippen LogP contribution in [0.1, 0.15) is 6.42 Å². The maximum Gasteiger partial charge on any atom is 0.305 e. The number of nitrogens with one attached hydrogen (secondary N) is 1. The minimum atomic E-state index is -0.956. The van der Waals surface area contributed by atoms with Crippen molar-refractivity contribution >= 4 is 12.4 Å². The third-order valence-corrected chi connectivity index (χ3v) is 0.549. The fraction of sp³-hybridized carbons (Fsp3) is 0.500. The summed E-state index contributed by atoms with van der Waals surface area (Å²) in [5.41, 5.74) is 1.86. The van der Waals surface area contributed by atoms with Gasteiger partial charge in [0.05, 0.1) is 13.0 Å². The third kappa shape index (κ3) is 6.90. The van der Waals surface area contributed by atoms with E-state index in [2.05, 4.69) is 4.84 Å². The van der Waals surface area contributed by atoms with E-state index >= 15 is 0 Å². The molecule has 5 heteroatoms. The SMILES string of the molecule is O=CNOCCC(=O)O. The van der Waals surface area contributed by atoms with E-state index in [9.17, 15) is 9.59 Å². The van der Waals surface area contributed by atoms with E-state index in [1.807, 2.05) is 5.48 Å². The molecule has 0 aliphatic rings. The Bertz CT molecular complexity index is 103. The first-order valence-corrected chi connectivity index (χ1v) is 2.30. The monoisotopic (exact) mass is 133 g/mol. The molecule has 0 spiro atoms. The summed E-state index contributed by atoms with van der Waals surface area (Å²) >= 11 is 0. The molecule has 0 bridgehead atoms. The second kappa shape index (κ2) is 5.04. The van der Waals surface area contributed by atoms with Crippen molar-refractivity contribution in [1.82, 2.24) is 5.48 Å². The van der Waals surface area contributed by atoms with E-state index in [1.165, 1.54) is 0 Å². The Labute approximate surface area is 51.6 Å². The van der Waals surface area contributed by atoms with E-state index in [1.54, 1.807) is 0 Å². The predicted molar refractivity (Wildman–Crippen MR) is 27.4 cm³/mol. The first kappa shape index (κ1) is 7.90. The number of rotatable bonds is 5. The molecule has 0 rings (SSSR count). The van der Waals surface area contributed by atoms with Crippen molar-refractivity contribution in [2.24, 2.45) is 0 Å². The number of carbonyl (C=O) groups is 2. The van der Waals surface area contributed by atoms with Gasteiger partial charge in [-0.05, 0) is 0 Å². The van der Waals surface area contributed by atoms with Crippen LogP contribution in [-0.2, 0) is 14.4 Å². The van der Waals surface area contributed by atoms with Gasteiger partial charge >= 0.3 is 5.97 Å². The Hall–Kier alpha value is -1.10. The van der Waals surface area contributed by atoms with Gasteiger partial charge in [-0.2, -0.15) is 0 Å². The van der Waals surface area contributed by atoms with Crippen molar-refractivity contribution in [2.75, 3.05) is 6.61 Å². The molecule has 0 aromatic heterocycles. The summed E-state index contributed by atoms with van der Waals surface area (Å²) in [6, 6.07) is 0. The van der Waals surface area contributed by atoms with Gasteiger partial charge in [0.2, 0.25) is 6.41 Å². The third-order valence-electron chi connectivity index (χ3n) is 0.549. The van der Waals surface area contributed by atoms with E-state index in [0.717, 1.165) is 0 Å². The summed E-state index contributed by atoms with van der Waals surface area (Å²) in [4.78, 5) is 23.5. The molecule has 0 saturated heterocycles. The van der Waals surface area contributed by atoms with Gasteiger partial charge < -0.3 is 5.11 Å². The number of hydrogen-bond donors (Lipinski definition) is 2. The largest absolute Gasteiger partial charge is 0.481 e. The summed E-state index contributed by atoms with van der Waals surface area (Å²) in [6.45, 7) is -0.00588. The van der Waals surface area contributed by atoms with Crippen LogP contribution in [0.2, 0.25) is 0 Å². The molecule has 2 N–H and O–H groups in total. The van der Waals surface area contributed by atoms with E-state index in [4.69, 9.17) is 5.11 Å². The van der Waals surface area contributed by atoms with Crippen LogP contribution in [0.25, 0.3) is 0 Å². The molecule has 9 heavy (non-hydrogen) atoms. The number of hydrogen-bond acceptors (Lipinski definition) is 3. The average Bonchev–Trinajstić information content (AvgIpc) is 1.80. The van der Waals surface area contributed by atoms with Crippen LogP contribution in [0.3, 0.4) is 0 Å². The topological polar surface area (TPSA) is 75.6 Å². The molecular weight excluding hydrogens is 126 g/mol. The van der Waals surface area contributed by atoms with Crippen LogP contribution in [0, 0.1) is 0 Å². The van der Waals surface area contributed by atoms with E-state index in [0.29, 0.717) is 6.41 Å². The molecule has 5 nitrogen and oxygen atoms in total. The lowest BCUT2D eigenvalue weighted by Gasteiger charge is -1.94. The number of carboxylic acid groups (broad SMARTS) is 1. The van der Waals surface area contributed by atoms with Crippen molar-refractivity contribution in [3.05, 3.63) is 0 Å². The van der Waals surface area contributed by atoms with Gasteiger partial charge in [-0.3, -0.25) is 14.4 Å². The molecule has 0 fully saturated rings. The second-order valence-electron chi connectivity index (χ2n) is 1.23. The Morgan fingerprint density at radius 1 is 1.78 bits per heavy atom. The molecular formula is C4H7NO4. The van der Waals surface area contributed by atoms with Crippen molar-refractivity contribution in [3.63, 3.8) is 0 Å². The Morgan fingerprint density at radius 3 is 2.89 bits per heavy atom. The highest BCUT2D eigenvalue weighted by atomic mass is 16.6. The van der Waals surface area contributed by atoms with Crippen LogP contribution in [0.15, 0.2) is 0 Å². The van der Waals surface area contributed by atoms with Crippen molar-refractivity contribution in [2.45, 2.75) is 6.42 Å². The fourth-order valence-electron chi connectivity index (χ4n) is 0.231. The lowest BCUT2D eigenvalue weighted by atomic mass is 10.5. The normalized spacial score (nSPS) is 8.44. The molecule has 0 aliphatic carbocycles. The zero-order valence-electron chi connectivity index (χ0n) is 4.66. The summed E-state index contributed by atoms with van der Waals surface area (Å²) in [5, 5.41) is 8.02. The highest BCUT2D eigenvalue weighted by Gasteiger charge is 1.93. The maximum atomic E-state index is 9.77. The predicted octanol–water partition coefficient (Wildman–Crippen LogP) is -0.861. The molecule has 1 amide bonds. The van der Waals surface area contributed by atoms with Crippen LogP contribution in [0.5, 0.6) is 0 Å². The molecule has 0 atom stereocenters. The smallest absolute Gasteiger partial charge is 0.305 e. The molecule has 0 unspecified atom stereocenters. The van der Waals surface area contributed by atoms with Crippen molar-refractivity contribution in [1.29, 1.82) is 0 Å². The van der Waals surface area contributed by atoms with Gasteiger partial charge in [-0.15, -0.1) is 0 Å². The molecule has 0 aromatic carbocycles. The Morgan fingerprint density at radius 2 is 2.44 bits per heavy atom. The lowest BCUT2D eigenvalue weighted by Crippen LogP contribution is -2.14. The van der Waals surface area contributed by atoms with Crippen LogP contribution in [-0.4, -0.2) is 24.1 Å². The summed E-state index contributed by atoms with van der Waals surface area (Å²) in [6.07, 6.45) is 0.225. The van der Waals surface area contributed by atoms with E-state index < -0.39 is 5.97 Å². The van der Waals surface area contributed by atoms with Crippen LogP contribution < -0.4 is 5.48 Å². The van der Waals surface area contributed by atoms with Crippen LogP contribution >= 0.6 is 0 Å². The molecule has 52 valence electrons. The van der Waals surface area contributed by atoms with Gasteiger partial charge in [-0.25, -0.2) is 5.48 Å². The number of carboxylic acids is 1. The summed E-state index contributed by atoms with van der Waals surface area (Å²) < 4.78 is 0. The second-order valence-corrected chi connectivity index (χ2v) is 1.23. The standard InChI is InChI=1S/C4H7NO4/c6-3-5-9-2-1-4(7)8/h3H,1-2H2,(H,5,6)(H,7,8). The maximum absolute atomic E-state index is 9.77. The van der Waals surface area contributed by atoms with Crippen LogP contribution in [0.4, 0.5) is 0 Å². The zero-order chi connectivity index (χ0) is 7.11. The fourth-order valence-corrected chi connectivity index (χ4v) is 0.231. The molecule has 0 aromatic rings. The van der Waals surface area contributed by atoms with Gasteiger partial charge in [-0.1, -0.05) is 0 Å². The quantitative estimate of drug-likeness (QED) is 0.290. The molecule has 0 aliphatic heterocycles. The van der Waals surface area contributed by atoms with Gasteiger partial charge in [0, 0.05) is 0 Å².